The number of anilines is 1. The van der Waals surface area contributed by atoms with E-state index in [1.807, 2.05) is 0 Å². The Morgan fingerprint density at radius 3 is 2.46 bits per heavy atom. The lowest BCUT2D eigenvalue weighted by Gasteiger charge is -2.15. The molecule has 0 aliphatic heterocycles. The molecule has 0 spiro atoms. The zero-order chi connectivity index (χ0) is 18.7. The Balaban J connectivity index is 1.79. The van der Waals surface area contributed by atoms with Gasteiger partial charge in [-0.05, 0) is 30.3 Å². The maximum Gasteiger partial charge on any atom is 0.292 e. The highest BCUT2D eigenvalue weighted by Crippen LogP contribution is 2.24. The highest BCUT2D eigenvalue weighted by atomic mass is 35.5. The monoisotopic (exact) mass is 409 g/mol. The van der Waals surface area contributed by atoms with E-state index in [1.165, 1.54) is 10.9 Å². The highest BCUT2D eigenvalue weighted by Gasteiger charge is 2.14. The molecule has 0 saturated heterocycles. The van der Waals surface area contributed by atoms with Crippen LogP contribution in [0.4, 0.5) is 5.69 Å². The van der Waals surface area contributed by atoms with Gasteiger partial charge in [0.2, 0.25) is 0 Å². The van der Waals surface area contributed by atoms with Crippen molar-refractivity contribution in [3.63, 3.8) is 0 Å². The predicted molar refractivity (Wildman–Crippen MR) is 105 cm³/mol. The second kappa shape index (κ2) is 8.10. The van der Waals surface area contributed by atoms with E-state index in [0.717, 1.165) is 0 Å². The number of aromatic nitrogens is 2. The average molecular weight is 411 g/mol. The number of nitrogens with zero attached hydrogens (tertiary/aromatic N) is 2. The molecule has 1 heterocycles. The van der Waals surface area contributed by atoms with Crippen LogP contribution >= 0.6 is 34.8 Å². The van der Waals surface area contributed by atoms with Crippen molar-refractivity contribution in [3.8, 4) is 5.69 Å². The van der Waals surface area contributed by atoms with Gasteiger partial charge in [-0.2, -0.15) is 9.78 Å². The van der Waals surface area contributed by atoms with Crippen LogP contribution < -0.4 is 10.9 Å². The fourth-order valence-electron chi connectivity index (χ4n) is 2.38. The summed E-state index contributed by atoms with van der Waals surface area (Å²) >= 11 is 18.1. The topological polar surface area (TPSA) is 67.2 Å². The standard InChI is InChI=1S/C18H14Cl3N3O2/c19-11-5-7-12(8-6-11)24-18(26)17(21)15(9-23-24)22-10-16(25)13-3-1-2-4-14(13)20/h1-9,16,22,25H,10H2. The van der Waals surface area contributed by atoms with Crippen LogP contribution in [0, 0.1) is 0 Å². The third-order valence-electron chi connectivity index (χ3n) is 3.74. The van der Waals surface area contributed by atoms with Crippen LogP contribution in [0.2, 0.25) is 15.1 Å². The zero-order valence-electron chi connectivity index (χ0n) is 13.4. The molecule has 0 amide bonds. The molecule has 2 aromatic carbocycles. The smallest absolute Gasteiger partial charge is 0.292 e. The van der Waals surface area contributed by atoms with Crippen LogP contribution in [0.5, 0.6) is 0 Å². The van der Waals surface area contributed by atoms with Crippen LogP contribution in [-0.4, -0.2) is 21.4 Å². The first kappa shape index (κ1) is 18.7. The van der Waals surface area contributed by atoms with Gasteiger partial charge < -0.3 is 10.4 Å². The molecule has 2 N–H and O–H groups in total. The molecule has 1 atom stereocenters. The van der Waals surface area contributed by atoms with Crippen LogP contribution in [0.3, 0.4) is 0 Å². The number of nitrogens with one attached hydrogen (secondary N) is 1. The molecular formula is C18H14Cl3N3O2. The number of aliphatic hydroxyl groups excluding tert-OH is 1. The normalized spacial score (nSPS) is 12.0. The van der Waals surface area contributed by atoms with Gasteiger partial charge in [-0.25, -0.2) is 0 Å². The number of rotatable bonds is 5. The van der Waals surface area contributed by atoms with Gasteiger partial charge >= 0.3 is 0 Å². The average Bonchev–Trinajstić information content (AvgIpc) is 2.64. The van der Waals surface area contributed by atoms with Crippen LogP contribution in [-0.2, 0) is 0 Å². The van der Waals surface area contributed by atoms with E-state index in [4.69, 9.17) is 34.8 Å². The summed E-state index contributed by atoms with van der Waals surface area (Å²) in [6, 6.07) is 13.6. The molecule has 1 aromatic heterocycles. The van der Waals surface area contributed by atoms with Crippen molar-refractivity contribution >= 4 is 40.5 Å². The van der Waals surface area contributed by atoms with Crippen molar-refractivity contribution in [1.29, 1.82) is 0 Å². The van der Waals surface area contributed by atoms with E-state index in [2.05, 4.69) is 10.4 Å². The first-order valence-electron chi connectivity index (χ1n) is 7.67. The maximum absolute atomic E-state index is 12.5. The van der Waals surface area contributed by atoms with Gasteiger partial charge in [0.05, 0.1) is 23.7 Å². The number of halogens is 3. The molecule has 0 bridgehead atoms. The Kier molecular flexibility index (Phi) is 5.84. The molecule has 0 aliphatic carbocycles. The summed E-state index contributed by atoms with van der Waals surface area (Å²) in [5.41, 5.74) is 0.975. The second-order valence-electron chi connectivity index (χ2n) is 5.48. The van der Waals surface area contributed by atoms with Gasteiger partial charge in [-0.3, -0.25) is 4.79 Å². The summed E-state index contributed by atoms with van der Waals surface area (Å²) in [6.45, 7) is 0.121. The minimum Gasteiger partial charge on any atom is -0.387 e. The lowest BCUT2D eigenvalue weighted by Crippen LogP contribution is -2.23. The largest absolute Gasteiger partial charge is 0.387 e. The van der Waals surface area contributed by atoms with Crippen molar-refractivity contribution in [1.82, 2.24) is 9.78 Å². The molecule has 8 heteroatoms. The molecule has 134 valence electrons. The molecular weight excluding hydrogens is 397 g/mol. The Morgan fingerprint density at radius 2 is 1.77 bits per heavy atom. The highest BCUT2D eigenvalue weighted by molar-refractivity contribution is 6.33. The van der Waals surface area contributed by atoms with Gasteiger partial charge in [0.15, 0.2) is 0 Å². The number of benzene rings is 2. The SMILES string of the molecule is O=c1c(Cl)c(NCC(O)c2ccccc2Cl)cnn1-c1ccc(Cl)cc1. The summed E-state index contributed by atoms with van der Waals surface area (Å²) in [5.74, 6) is 0. The Hall–Kier alpha value is -2.05. The van der Waals surface area contributed by atoms with Gasteiger partial charge in [0.25, 0.3) is 5.56 Å². The second-order valence-corrected chi connectivity index (χ2v) is 6.71. The molecule has 0 radical (unpaired) electrons. The third kappa shape index (κ3) is 4.02. The number of hydrogen-bond donors (Lipinski definition) is 2. The summed E-state index contributed by atoms with van der Waals surface area (Å²) in [5, 5.41) is 18.3. The zero-order valence-corrected chi connectivity index (χ0v) is 15.6. The van der Waals surface area contributed by atoms with Crippen LogP contribution in [0.1, 0.15) is 11.7 Å². The third-order valence-corrected chi connectivity index (χ3v) is 4.70. The number of aliphatic hydroxyl groups is 1. The first-order chi connectivity index (χ1) is 12.5. The summed E-state index contributed by atoms with van der Waals surface area (Å²) in [6.07, 6.45) is 0.566. The van der Waals surface area contributed by atoms with E-state index >= 15 is 0 Å². The molecule has 3 aromatic rings. The summed E-state index contributed by atoms with van der Waals surface area (Å²) in [7, 11) is 0. The quantitative estimate of drug-likeness (QED) is 0.657. The minimum absolute atomic E-state index is 0.0266. The Bertz CT molecular complexity index is 974. The minimum atomic E-state index is -0.863. The molecule has 0 saturated carbocycles. The lowest BCUT2D eigenvalue weighted by molar-refractivity contribution is 0.191. The van der Waals surface area contributed by atoms with Gasteiger partial charge in [-0.15, -0.1) is 0 Å². The fraction of sp³-hybridized carbons (Fsp3) is 0.111. The van der Waals surface area contributed by atoms with Gasteiger partial charge in [-0.1, -0.05) is 53.0 Å². The molecule has 1 unspecified atom stereocenters. The van der Waals surface area contributed by atoms with Crippen molar-refractivity contribution in [2.24, 2.45) is 0 Å². The van der Waals surface area contributed by atoms with Crippen LogP contribution in [0.25, 0.3) is 5.69 Å². The van der Waals surface area contributed by atoms with E-state index in [1.54, 1.807) is 48.5 Å². The molecule has 5 nitrogen and oxygen atoms in total. The predicted octanol–water partition coefficient (Wildman–Crippen LogP) is 4.34. The fourth-order valence-corrected chi connectivity index (χ4v) is 2.97. The van der Waals surface area contributed by atoms with E-state index in [-0.39, 0.29) is 11.6 Å². The molecule has 26 heavy (non-hydrogen) atoms. The van der Waals surface area contributed by atoms with E-state index in [0.29, 0.717) is 27.0 Å². The van der Waals surface area contributed by atoms with Crippen molar-refractivity contribution in [3.05, 3.63) is 85.7 Å². The Labute approximate surface area is 164 Å². The maximum atomic E-state index is 12.5. The van der Waals surface area contributed by atoms with Crippen molar-refractivity contribution in [2.75, 3.05) is 11.9 Å². The van der Waals surface area contributed by atoms with E-state index in [9.17, 15) is 9.90 Å². The van der Waals surface area contributed by atoms with Crippen LogP contribution in [0.15, 0.2) is 59.5 Å². The van der Waals surface area contributed by atoms with Crippen molar-refractivity contribution in [2.45, 2.75) is 6.10 Å². The molecule has 3 rings (SSSR count). The molecule has 0 aliphatic rings. The van der Waals surface area contributed by atoms with Gasteiger partial charge in [0, 0.05) is 22.2 Å². The first-order valence-corrected chi connectivity index (χ1v) is 8.81. The summed E-state index contributed by atoms with van der Waals surface area (Å²) < 4.78 is 1.17. The Morgan fingerprint density at radius 1 is 1.08 bits per heavy atom. The lowest BCUT2D eigenvalue weighted by atomic mass is 10.1. The number of hydrogen-bond acceptors (Lipinski definition) is 4. The van der Waals surface area contributed by atoms with Crippen molar-refractivity contribution < 1.29 is 5.11 Å². The molecule has 0 fully saturated rings. The van der Waals surface area contributed by atoms with E-state index < -0.39 is 11.7 Å². The van der Waals surface area contributed by atoms with Gasteiger partial charge in [0.1, 0.15) is 5.02 Å². The summed E-state index contributed by atoms with van der Waals surface area (Å²) in [4.78, 5) is 12.5.